The molecule has 0 radical (unpaired) electrons. The number of rotatable bonds is 6. The fourth-order valence-electron chi connectivity index (χ4n) is 3.75. The fraction of sp³-hybridized carbons (Fsp3) is 0.647. The SMILES string of the molecule is CCC(C(=O)O)C1CCC(c2ccnc(OC)c2C(F)F)CC1. The Labute approximate surface area is 134 Å². The van der Waals surface area contributed by atoms with Gasteiger partial charge >= 0.3 is 5.97 Å². The van der Waals surface area contributed by atoms with Crippen molar-refractivity contribution in [2.45, 2.75) is 51.4 Å². The Morgan fingerprint density at radius 1 is 1.39 bits per heavy atom. The summed E-state index contributed by atoms with van der Waals surface area (Å²) in [5, 5.41) is 9.27. The standard InChI is InChI=1S/C17H23F2NO3/c1-3-12(17(21)22)10-4-6-11(7-5-10)13-8-9-20-16(23-2)14(13)15(18)19/h8-12,15H,3-7H2,1-2H3,(H,21,22). The number of alkyl halides is 2. The van der Waals surface area contributed by atoms with Crippen LogP contribution in [0.2, 0.25) is 0 Å². The van der Waals surface area contributed by atoms with Crippen LogP contribution in [0.25, 0.3) is 0 Å². The summed E-state index contributed by atoms with van der Waals surface area (Å²) >= 11 is 0. The van der Waals surface area contributed by atoms with Crippen molar-refractivity contribution in [2.24, 2.45) is 11.8 Å². The zero-order valence-corrected chi connectivity index (χ0v) is 13.5. The van der Waals surface area contributed by atoms with Crippen LogP contribution in [0.4, 0.5) is 8.78 Å². The molecule has 1 heterocycles. The molecule has 128 valence electrons. The Bertz CT molecular complexity index is 543. The quantitative estimate of drug-likeness (QED) is 0.840. The molecule has 1 aliphatic rings. The van der Waals surface area contributed by atoms with Gasteiger partial charge in [0.25, 0.3) is 6.43 Å². The lowest BCUT2D eigenvalue weighted by Gasteiger charge is -2.32. The Kier molecular flexibility index (Phi) is 5.91. The molecule has 23 heavy (non-hydrogen) atoms. The van der Waals surface area contributed by atoms with Crippen molar-refractivity contribution in [3.05, 3.63) is 23.4 Å². The van der Waals surface area contributed by atoms with Crippen LogP contribution >= 0.6 is 0 Å². The summed E-state index contributed by atoms with van der Waals surface area (Å²) < 4.78 is 31.8. The van der Waals surface area contributed by atoms with Gasteiger partial charge in [0, 0.05) is 6.20 Å². The van der Waals surface area contributed by atoms with E-state index in [9.17, 15) is 18.7 Å². The molecule has 1 N–H and O–H groups in total. The molecule has 1 aliphatic carbocycles. The van der Waals surface area contributed by atoms with E-state index in [4.69, 9.17) is 4.74 Å². The zero-order chi connectivity index (χ0) is 17.0. The largest absolute Gasteiger partial charge is 0.481 e. The minimum atomic E-state index is -2.63. The summed E-state index contributed by atoms with van der Waals surface area (Å²) in [7, 11) is 1.34. The second-order valence-corrected chi connectivity index (χ2v) is 6.09. The van der Waals surface area contributed by atoms with Crippen LogP contribution in [0.3, 0.4) is 0 Å². The van der Waals surface area contributed by atoms with Gasteiger partial charge in [-0.1, -0.05) is 6.92 Å². The summed E-state index contributed by atoms with van der Waals surface area (Å²) in [6.45, 7) is 1.88. The van der Waals surface area contributed by atoms with Gasteiger partial charge in [0.2, 0.25) is 5.88 Å². The number of halogens is 2. The van der Waals surface area contributed by atoms with Crippen molar-refractivity contribution >= 4 is 5.97 Å². The van der Waals surface area contributed by atoms with Gasteiger partial charge in [-0.2, -0.15) is 0 Å². The van der Waals surface area contributed by atoms with Crippen molar-refractivity contribution in [2.75, 3.05) is 7.11 Å². The number of carboxylic acids is 1. The van der Waals surface area contributed by atoms with E-state index >= 15 is 0 Å². The number of hydrogen-bond donors (Lipinski definition) is 1. The topological polar surface area (TPSA) is 59.4 Å². The summed E-state index contributed by atoms with van der Waals surface area (Å²) in [4.78, 5) is 15.2. The maximum Gasteiger partial charge on any atom is 0.306 e. The summed E-state index contributed by atoms with van der Waals surface area (Å²) in [6.07, 6.45) is 2.43. The second kappa shape index (κ2) is 7.70. The first-order valence-electron chi connectivity index (χ1n) is 8.03. The lowest BCUT2D eigenvalue weighted by atomic mass is 9.72. The van der Waals surface area contributed by atoms with Gasteiger partial charge in [-0.25, -0.2) is 13.8 Å². The summed E-state index contributed by atoms with van der Waals surface area (Å²) in [5.74, 6) is -0.963. The van der Waals surface area contributed by atoms with Crippen LogP contribution in [-0.2, 0) is 4.79 Å². The maximum absolute atomic E-state index is 13.4. The van der Waals surface area contributed by atoms with Crippen LogP contribution < -0.4 is 4.74 Å². The van der Waals surface area contributed by atoms with E-state index in [1.54, 1.807) is 6.07 Å². The third-order valence-corrected chi connectivity index (χ3v) is 4.94. The van der Waals surface area contributed by atoms with Gasteiger partial charge in [-0.05, 0) is 55.6 Å². The number of hydrogen-bond acceptors (Lipinski definition) is 3. The van der Waals surface area contributed by atoms with Crippen molar-refractivity contribution in [3.8, 4) is 5.88 Å². The van der Waals surface area contributed by atoms with Crippen LogP contribution in [0, 0.1) is 11.8 Å². The van der Waals surface area contributed by atoms with Gasteiger partial charge < -0.3 is 9.84 Å². The number of ether oxygens (including phenoxy) is 1. The molecular formula is C17H23F2NO3. The highest BCUT2D eigenvalue weighted by molar-refractivity contribution is 5.70. The average Bonchev–Trinajstić information content (AvgIpc) is 2.55. The van der Waals surface area contributed by atoms with Crippen molar-refractivity contribution < 1.29 is 23.4 Å². The van der Waals surface area contributed by atoms with Gasteiger partial charge in [0.15, 0.2) is 0 Å². The highest BCUT2D eigenvalue weighted by atomic mass is 19.3. The smallest absolute Gasteiger partial charge is 0.306 e. The lowest BCUT2D eigenvalue weighted by Crippen LogP contribution is -2.27. The highest BCUT2D eigenvalue weighted by Gasteiger charge is 2.33. The van der Waals surface area contributed by atoms with E-state index in [-0.39, 0.29) is 29.2 Å². The molecule has 1 aromatic rings. The number of aromatic nitrogens is 1. The van der Waals surface area contributed by atoms with Crippen LogP contribution in [-0.4, -0.2) is 23.2 Å². The molecule has 0 saturated heterocycles. The number of aliphatic carboxylic acids is 1. The molecule has 0 amide bonds. The molecule has 0 aliphatic heterocycles. The molecule has 1 fully saturated rings. The summed E-state index contributed by atoms with van der Waals surface area (Å²) in [5.41, 5.74) is 0.470. The molecule has 0 spiro atoms. The summed E-state index contributed by atoms with van der Waals surface area (Å²) in [6, 6.07) is 1.64. The molecule has 1 atom stereocenters. The second-order valence-electron chi connectivity index (χ2n) is 6.09. The first-order chi connectivity index (χ1) is 11.0. The van der Waals surface area contributed by atoms with Crippen molar-refractivity contribution in [1.82, 2.24) is 4.98 Å². The van der Waals surface area contributed by atoms with Gasteiger partial charge in [0.05, 0.1) is 18.6 Å². The molecular weight excluding hydrogens is 304 g/mol. The first kappa shape index (κ1) is 17.6. The number of carbonyl (C=O) groups is 1. The molecule has 2 rings (SSSR count). The van der Waals surface area contributed by atoms with E-state index in [1.807, 2.05) is 6.92 Å². The fourth-order valence-corrected chi connectivity index (χ4v) is 3.75. The molecule has 0 aromatic carbocycles. The van der Waals surface area contributed by atoms with Crippen LogP contribution in [0.1, 0.15) is 62.5 Å². The Balaban J connectivity index is 2.16. The predicted octanol–water partition coefficient (Wildman–Crippen LogP) is 4.41. The van der Waals surface area contributed by atoms with E-state index < -0.39 is 12.4 Å². The normalized spacial score (nSPS) is 22.8. The van der Waals surface area contributed by atoms with E-state index in [0.29, 0.717) is 12.0 Å². The maximum atomic E-state index is 13.4. The predicted molar refractivity (Wildman–Crippen MR) is 81.9 cm³/mol. The number of carboxylic acid groups (broad SMARTS) is 1. The average molecular weight is 327 g/mol. The molecule has 1 aromatic heterocycles. The van der Waals surface area contributed by atoms with E-state index in [0.717, 1.165) is 25.7 Å². The Hall–Kier alpha value is -1.72. The Morgan fingerprint density at radius 3 is 2.52 bits per heavy atom. The van der Waals surface area contributed by atoms with Crippen molar-refractivity contribution in [3.63, 3.8) is 0 Å². The molecule has 1 saturated carbocycles. The monoisotopic (exact) mass is 327 g/mol. The highest BCUT2D eigenvalue weighted by Crippen LogP contribution is 2.43. The Morgan fingerprint density at radius 2 is 2.04 bits per heavy atom. The number of nitrogens with zero attached hydrogens (tertiary/aromatic N) is 1. The zero-order valence-electron chi connectivity index (χ0n) is 13.5. The minimum Gasteiger partial charge on any atom is -0.481 e. The van der Waals surface area contributed by atoms with Gasteiger partial charge in [-0.3, -0.25) is 4.79 Å². The van der Waals surface area contributed by atoms with Gasteiger partial charge in [-0.15, -0.1) is 0 Å². The molecule has 0 bridgehead atoms. The minimum absolute atomic E-state index is 0.0125. The van der Waals surface area contributed by atoms with Crippen LogP contribution in [0.15, 0.2) is 12.3 Å². The third kappa shape index (κ3) is 3.79. The molecule has 4 nitrogen and oxygen atoms in total. The molecule has 6 heteroatoms. The number of pyridine rings is 1. The third-order valence-electron chi connectivity index (χ3n) is 4.94. The first-order valence-corrected chi connectivity index (χ1v) is 8.03. The van der Waals surface area contributed by atoms with Crippen molar-refractivity contribution in [1.29, 1.82) is 0 Å². The van der Waals surface area contributed by atoms with Gasteiger partial charge in [0.1, 0.15) is 0 Å². The van der Waals surface area contributed by atoms with E-state index in [2.05, 4.69) is 4.98 Å². The van der Waals surface area contributed by atoms with Crippen LogP contribution in [0.5, 0.6) is 5.88 Å². The lowest BCUT2D eigenvalue weighted by molar-refractivity contribution is -0.144. The van der Waals surface area contributed by atoms with E-state index in [1.165, 1.54) is 13.3 Å². The molecule has 1 unspecified atom stereocenters. The number of methoxy groups -OCH3 is 1.